The molecule has 6 nitrogen and oxygen atoms in total. The predicted molar refractivity (Wildman–Crippen MR) is 66.7 cm³/mol. The molecule has 0 aromatic carbocycles. The lowest BCUT2D eigenvalue weighted by Gasteiger charge is -2.01. The van der Waals surface area contributed by atoms with E-state index < -0.39 is 5.91 Å². The van der Waals surface area contributed by atoms with Gasteiger partial charge in [-0.2, -0.15) is 0 Å². The molecule has 1 aromatic rings. The van der Waals surface area contributed by atoms with E-state index in [4.69, 9.17) is 11.5 Å². The second kappa shape index (κ2) is 6.16. The van der Waals surface area contributed by atoms with Crippen LogP contribution in [0.3, 0.4) is 0 Å². The van der Waals surface area contributed by atoms with Crippen LogP contribution in [0.5, 0.6) is 0 Å². The van der Waals surface area contributed by atoms with Crippen molar-refractivity contribution in [1.29, 1.82) is 0 Å². The highest BCUT2D eigenvalue weighted by molar-refractivity contribution is 6.38. The normalized spacial score (nSPS) is 13.0. The van der Waals surface area contributed by atoms with Crippen LogP contribution in [-0.4, -0.2) is 29.9 Å². The third kappa shape index (κ3) is 3.53. The minimum atomic E-state index is -0.696. The number of hydrogen-bond donors (Lipinski definition) is 2. The molecule has 0 aliphatic heterocycles. The topological polar surface area (TPSA) is 107 Å². The summed E-state index contributed by atoms with van der Waals surface area (Å²) < 4.78 is 0. The van der Waals surface area contributed by atoms with E-state index in [9.17, 15) is 4.79 Å². The maximum atomic E-state index is 11.0. The smallest absolute Gasteiger partial charge is 0.268 e. The molecular weight excluding hydrogens is 218 g/mol. The zero-order valence-electron chi connectivity index (χ0n) is 9.37. The van der Waals surface area contributed by atoms with Gasteiger partial charge >= 0.3 is 0 Å². The van der Waals surface area contributed by atoms with Crippen molar-refractivity contribution in [3.8, 4) is 0 Å². The maximum Gasteiger partial charge on any atom is 0.268 e. The molecule has 1 aromatic heterocycles. The van der Waals surface area contributed by atoms with Crippen molar-refractivity contribution in [2.24, 2.45) is 21.5 Å². The number of amides is 1. The quantitative estimate of drug-likeness (QED) is 0.556. The molecule has 1 amide bonds. The summed E-state index contributed by atoms with van der Waals surface area (Å²) in [5.74, 6) is -0.696. The van der Waals surface area contributed by atoms with Crippen LogP contribution in [0.15, 0.2) is 46.4 Å². The van der Waals surface area contributed by atoms with Crippen LogP contribution in [0.2, 0.25) is 0 Å². The number of carbonyl (C=O) groups excluding carboxylic acids is 1. The molecule has 4 N–H and O–H groups in total. The van der Waals surface area contributed by atoms with Crippen LogP contribution in [0.1, 0.15) is 5.56 Å². The third-order valence-electron chi connectivity index (χ3n) is 1.86. The standard InChI is InChI=1S/C11H13N5O/c1-14-7-10(8-3-2-4-15-6-8)16-9(5-12)11(13)17/h2-7H,12H2,1H3,(H2,13,17)/b9-5+,14-7-,16-10+. The fourth-order valence-electron chi connectivity index (χ4n) is 1.11. The number of nitrogens with zero attached hydrogens (tertiary/aromatic N) is 3. The van der Waals surface area contributed by atoms with Crippen LogP contribution in [0.4, 0.5) is 0 Å². The first-order valence-electron chi connectivity index (χ1n) is 4.82. The lowest BCUT2D eigenvalue weighted by Crippen LogP contribution is -2.16. The van der Waals surface area contributed by atoms with Crippen molar-refractivity contribution < 1.29 is 4.79 Å². The number of pyridine rings is 1. The zero-order chi connectivity index (χ0) is 12.7. The van der Waals surface area contributed by atoms with Gasteiger partial charge in [-0.15, -0.1) is 0 Å². The predicted octanol–water partition coefficient (Wildman–Crippen LogP) is -0.143. The Kier molecular flexibility index (Phi) is 4.56. The Balaban J connectivity index is 3.19. The molecule has 1 rings (SSSR count). The monoisotopic (exact) mass is 231 g/mol. The van der Waals surface area contributed by atoms with Gasteiger partial charge in [0.05, 0.1) is 5.71 Å². The van der Waals surface area contributed by atoms with Gasteiger partial charge in [0, 0.05) is 37.4 Å². The van der Waals surface area contributed by atoms with E-state index in [0.717, 1.165) is 11.8 Å². The minimum Gasteiger partial charge on any atom is -0.403 e. The first kappa shape index (κ1) is 12.6. The zero-order valence-corrected chi connectivity index (χ0v) is 9.37. The van der Waals surface area contributed by atoms with Crippen molar-refractivity contribution in [3.05, 3.63) is 42.0 Å². The molecule has 17 heavy (non-hydrogen) atoms. The molecule has 6 heteroatoms. The lowest BCUT2D eigenvalue weighted by molar-refractivity contribution is -0.114. The summed E-state index contributed by atoms with van der Waals surface area (Å²) in [7, 11) is 1.60. The first-order chi connectivity index (χ1) is 8.19. The van der Waals surface area contributed by atoms with Crippen molar-refractivity contribution in [1.82, 2.24) is 4.98 Å². The van der Waals surface area contributed by atoms with Gasteiger partial charge in [-0.05, 0) is 12.1 Å². The molecule has 0 saturated heterocycles. The molecule has 0 spiro atoms. The number of aliphatic imine (C=N–C) groups is 2. The molecule has 0 aliphatic carbocycles. The number of carbonyl (C=O) groups is 1. The summed E-state index contributed by atoms with van der Waals surface area (Å²) in [5.41, 5.74) is 11.5. The number of primary amides is 1. The maximum absolute atomic E-state index is 11.0. The van der Waals surface area contributed by atoms with Crippen molar-refractivity contribution in [2.75, 3.05) is 7.05 Å². The average Bonchev–Trinajstić information content (AvgIpc) is 2.35. The molecule has 0 fully saturated rings. The highest BCUT2D eigenvalue weighted by atomic mass is 16.1. The van der Waals surface area contributed by atoms with Gasteiger partial charge in [-0.3, -0.25) is 14.8 Å². The van der Waals surface area contributed by atoms with E-state index in [-0.39, 0.29) is 5.70 Å². The van der Waals surface area contributed by atoms with Crippen LogP contribution in [0.25, 0.3) is 0 Å². The van der Waals surface area contributed by atoms with Crippen molar-refractivity contribution in [3.63, 3.8) is 0 Å². The molecule has 0 atom stereocenters. The highest BCUT2D eigenvalue weighted by Crippen LogP contribution is 2.02. The SMILES string of the molecule is C\N=C/C(=N\C(=C\N)C(N)=O)c1cccnc1. The Hall–Kier alpha value is -2.50. The van der Waals surface area contributed by atoms with Crippen molar-refractivity contribution >= 4 is 17.8 Å². The molecule has 1 heterocycles. The fourth-order valence-corrected chi connectivity index (χ4v) is 1.11. The molecule has 0 saturated carbocycles. The van der Waals surface area contributed by atoms with Gasteiger partial charge in [0.25, 0.3) is 5.91 Å². The van der Waals surface area contributed by atoms with Crippen LogP contribution < -0.4 is 11.5 Å². The highest BCUT2D eigenvalue weighted by Gasteiger charge is 2.06. The summed E-state index contributed by atoms with van der Waals surface area (Å²) in [6, 6.07) is 3.55. The number of nitrogens with two attached hydrogens (primary N) is 2. The number of aromatic nitrogens is 1. The Bertz CT molecular complexity index is 476. The van der Waals surface area contributed by atoms with Gasteiger partial charge in [0.1, 0.15) is 5.70 Å². The molecule has 0 bridgehead atoms. The Labute approximate surface area is 98.8 Å². The van der Waals surface area contributed by atoms with E-state index >= 15 is 0 Å². The minimum absolute atomic E-state index is 0.0243. The van der Waals surface area contributed by atoms with Gasteiger partial charge in [-0.1, -0.05) is 0 Å². The summed E-state index contributed by atoms with van der Waals surface area (Å²) in [5, 5.41) is 0. The molecule has 88 valence electrons. The largest absolute Gasteiger partial charge is 0.403 e. The summed E-state index contributed by atoms with van der Waals surface area (Å²) >= 11 is 0. The summed E-state index contributed by atoms with van der Waals surface area (Å²) in [6.45, 7) is 0. The van der Waals surface area contributed by atoms with Gasteiger partial charge in [0.15, 0.2) is 0 Å². The Morgan fingerprint density at radius 1 is 1.53 bits per heavy atom. The van der Waals surface area contributed by atoms with Crippen LogP contribution in [0, 0.1) is 0 Å². The van der Waals surface area contributed by atoms with Crippen molar-refractivity contribution in [2.45, 2.75) is 0 Å². The average molecular weight is 231 g/mol. The number of rotatable bonds is 4. The van der Waals surface area contributed by atoms with E-state index in [1.54, 1.807) is 31.6 Å². The molecule has 0 radical (unpaired) electrons. The van der Waals surface area contributed by atoms with Gasteiger partial charge in [-0.25, -0.2) is 4.99 Å². The lowest BCUT2D eigenvalue weighted by atomic mass is 10.2. The molecular formula is C11H13N5O. The summed E-state index contributed by atoms with van der Waals surface area (Å²) in [4.78, 5) is 22.9. The number of hydrogen-bond acceptors (Lipinski definition) is 5. The summed E-state index contributed by atoms with van der Waals surface area (Å²) in [6.07, 6.45) is 5.80. The van der Waals surface area contributed by atoms with E-state index in [0.29, 0.717) is 5.71 Å². The molecule has 0 aliphatic rings. The third-order valence-corrected chi connectivity index (χ3v) is 1.86. The first-order valence-corrected chi connectivity index (χ1v) is 4.82. The van der Waals surface area contributed by atoms with E-state index in [1.807, 2.05) is 0 Å². The Morgan fingerprint density at radius 3 is 2.76 bits per heavy atom. The second-order valence-corrected chi connectivity index (χ2v) is 3.04. The van der Waals surface area contributed by atoms with E-state index in [1.165, 1.54) is 6.21 Å². The van der Waals surface area contributed by atoms with E-state index in [2.05, 4.69) is 15.0 Å². The Morgan fingerprint density at radius 2 is 2.29 bits per heavy atom. The van der Waals surface area contributed by atoms with Gasteiger partial charge in [0.2, 0.25) is 0 Å². The molecule has 0 unspecified atom stereocenters. The fraction of sp³-hybridized carbons (Fsp3) is 0.0909. The van der Waals surface area contributed by atoms with Crippen LogP contribution in [-0.2, 0) is 4.79 Å². The van der Waals surface area contributed by atoms with Gasteiger partial charge < -0.3 is 11.5 Å². The second-order valence-electron chi connectivity index (χ2n) is 3.04. The van der Waals surface area contributed by atoms with Crippen LogP contribution >= 0.6 is 0 Å².